The predicted molar refractivity (Wildman–Crippen MR) is 155 cm³/mol. The van der Waals surface area contributed by atoms with E-state index < -0.39 is 29.6 Å². The monoisotopic (exact) mass is 590 g/mol. The lowest BCUT2D eigenvalue weighted by atomic mass is 10.1. The summed E-state index contributed by atoms with van der Waals surface area (Å²) in [6.45, 7) is 7.22. The highest BCUT2D eigenvalue weighted by atomic mass is 16.6. The molecule has 2 rings (SSSR count). The third-order valence-corrected chi connectivity index (χ3v) is 5.40. The molecule has 2 aromatic rings. The van der Waals surface area contributed by atoms with Gasteiger partial charge in [0.2, 0.25) is 0 Å². The molecule has 0 aromatic heterocycles. The molecular formula is C29H42N4O9. The number of anilines is 1. The first-order valence-electron chi connectivity index (χ1n) is 13.5. The Bertz CT molecular complexity index is 1140. The molecule has 0 saturated heterocycles. The van der Waals surface area contributed by atoms with E-state index in [9.17, 15) is 14.4 Å². The van der Waals surface area contributed by atoms with Gasteiger partial charge < -0.3 is 50.5 Å². The number of nitrogen functional groups attached to an aromatic ring is 1. The first kappa shape index (κ1) is 34.1. The van der Waals surface area contributed by atoms with E-state index in [0.29, 0.717) is 38.7 Å². The molecule has 13 heteroatoms. The van der Waals surface area contributed by atoms with Crippen molar-refractivity contribution >= 4 is 23.7 Å². The average molecular weight is 591 g/mol. The number of carbonyl (C=O) groups excluding carboxylic acids is 3. The number of benzene rings is 2. The Morgan fingerprint density at radius 3 is 2.10 bits per heavy atom. The average Bonchev–Trinajstić information content (AvgIpc) is 2.95. The van der Waals surface area contributed by atoms with Crippen LogP contribution in [0.4, 0.5) is 10.5 Å². The van der Waals surface area contributed by atoms with E-state index in [1.807, 2.05) is 24.3 Å². The van der Waals surface area contributed by atoms with Crippen molar-refractivity contribution in [1.29, 1.82) is 0 Å². The second-order valence-electron chi connectivity index (χ2n) is 9.96. The molecule has 1 atom stereocenters. The molecule has 2 amide bonds. The summed E-state index contributed by atoms with van der Waals surface area (Å²) < 4.78 is 32.3. The van der Waals surface area contributed by atoms with Gasteiger partial charge in [0, 0.05) is 18.3 Å². The quantitative estimate of drug-likeness (QED) is 0.120. The summed E-state index contributed by atoms with van der Waals surface area (Å²) in [5.74, 6) is -0.427. The smallest absolute Gasteiger partial charge is 0.407 e. The number of hydrogen-bond acceptors (Lipinski definition) is 11. The van der Waals surface area contributed by atoms with E-state index in [-0.39, 0.29) is 31.1 Å². The van der Waals surface area contributed by atoms with Gasteiger partial charge in [-0.2, -0.15) is 0 Å². The molecule has 0 radical (unpaired) electrons. The lowest BCUT2D eigenvalue weighted by Gasteiger charge is -2.22. The number of alkyl carbamates (subject to hydrolysis) is 1. The predicted octanol–water partition coefficient (Wildman–Crippen LogP) is 2.01. The van der Waals surface area contributed by atoms with Crippen LogP contribution in [-0.2, 0) is 30.3 Å². The Labute approximate surface area is 246 Å². The fourth-order valence-corrected chi connectivity index (χ4v) is 3.39. The van der Waals surface area contributed by atoms with Gasteiger partial charge >= 0.3 is 12.1 Å². The van der Waals surface area contributed by atoms with Crippen molar-refractivity contribution in [3.63, 3.8) is 0 Å². The number of rotatable bonds is 17. The van der Waals surface area contributed by atoms with E-state index in [1.165, 1.54) is 25.3 Å². The van der Waals surface area contributed by atoms with Gasteiger partial charge in [0.15, 0.2) is 0 Å². The summed E-state index contributed by atoms with van der Waals surface area (Å²) in [4.78, 5) is 37.2. The van der Waals surface area contributed by atoms with Crippen molar-refractivity contribution in [1.82, 2.24) is 10.6 Å². The minimum Gasteiger partial charge on any atom is -0.491 e. The Morgan fingerprint density at radius 1 is 0.881 bits per heavy atom. The Morgan fingerprint density at radius 2 is 1.50 bits per heavy atom. The third kappa shape index (κ3) is 13.1. The van der Waals surface area contributed by atoms with E-state index >= 15 is 0 Å². The van der Waals surface area contributed by atoms with Gasteiger partial charge in [0.1, 0.15) is 36.4 Å². The number of nitrogens with one attached hydrogen (secondary N) is 2. The van der Waals surface area contributed by atoms with Crippen molar-refractivity contribution in [2.24, 2.45) is 5.73 Å². The van der Waals surface area contributed by atoms with Crippen molar-refractivity contribution in [3.05, 3.63) is 53.6 Å². The molecule has 0 aliphatic rings. The van der Waals surface area contributed by atoms with Crippen molar-refractivity contribution in [2.75, 3.05) is 59.0 Å². The van der Waals surface area contributed by atoms with Crippen molar-refractivity contribution in [2.45, 2.75) is 39.0 Å². The standard InChI is InChI=1S/C29H42N4O9/c1-29(2,3)42-28(36)32-19-24(27(35)37-4)33-26(34)23-10-7-21(31)17-25(23)41-16-14-39-12-11-38-13-15-40-22-8-5-20(18-30)6-9-22/h5-10,17,24H,11-16,18-19,30-31H2,1-4H3,(H,32,36)(H,33,34)/t24-/m0/s1. The summed E-state index contributed by atoms with van der Waals surface area (Å²) in [5, 5.41) is 5.00. The fourth-order valence-electron chi connectivity index (χ4n) is 3.39. The molecule has 232 valence electrons. The van der Waals surface area contributed by atoms with Gasteiger partial charge in [0.25, 0.3) is 5.91 Å². The summed E-state index contributed by atoms with van der Waals surface area (Å²) in [7, 11) is 1.18. The zero-order valence-electron chi connectivity index (χ0n) is 24.6. The molecule has 0 aliphatic heterocycles. The number of ether oxygens (including phenoxy) is 6. The molecule has 0 fully saturated rings. The molecule has 0 heterocycles. The Balaban J connectivity index is 1.75. The van der Waals surface area contributed by atoms with Crippen LogP contribution in [0, 0.1) is 0 Å². The largest absolute Gasteiger partial charge is 0.491 e. The molecular weight excluding hydrogens is 548 g/mol. The summed E-state index contributed by atoms with van der Waals surface area (Å²) in [6.07, 6.45) is -0.741. The Kier molecular flexibility index (Phi) is 14.4. The van der Waals surface area contributed by atoms with Crippen molar-refractivity contribution < 1.29 is 42.8 Å². The van der Waals surface area contributed by atoms with Gasteiger partial charge in [-0.1, -0.05) is 12.1 Å². The van der Waals surface area contributed by atoms with Gasteiger partial charge in [-0.3, -0.25) is 4.79 Å². The molecule has 0 saturated carbocycles. The van der Waals surface area contributed by atoms with Crippen molar-refractivity contribution in [3.8, 4) is 11.5 Å². The molecule has 0 bridgehead atoms. The SMILES string of the molecule is COC(=O)[C@H](CNC(=O)OC(C)(C)C)NC(=O)c1ccc(N)cc1OCCOCCOCCOc1ccc(CN)cc1. The molecule has 2 aromatic carbocycles. The van der Waals surface area contributed by atoms with Crippen LogP contribution in [-0.4, -0.2) is 82.9 Å². The number of nitrogens with two attached hydrogens (primary N) is 2. The zero-order chi connectivity index (χ0) is 31.0. The second kappa shape index (κ2) is 17.7. The molecule has 42 heavy (non-hydrogen) atoms. The van der Waals surface area contributed by atoms with Crippen LogP contribution >= 0.6 is 0 Å². The zero-order valence-corrected chi connectivity index (χ0v) is 24.6. The summed E-state index contributed by atoms with van der Waals surface area (Å²) >= 11 is 0. The number of hydrogen-bond donors (Lipinski definition) is 4. The highest BCUT2D eigenvalue weighted by Gasteiger charge is 2.26. The van der Waals surface area contributed by atoms with Crippen LogP contribution in [0.1, 0.15) is 36.7 Å². The Hall–Kier alpha value is -4.07. The van der Waals surface area contributed by atoms with Crippen LogP contribution in [0.5, 0.6) is 11.5 Å². The maximum atomic E-state index is 13.0. The highest BCUT2D eigenvalue weighted by molar-refractivity contribution is 5.99. The normalized spacial score (nSPS) is 11.7. The summed E-state index contributed by atoms with van der Waals surface area (Å²) in [6, 6.07) is 10.9. The first-order chi connectivity index (χ1) is 20.0. The van der Waals surface area contributed by atoms with Crippen LogP contribution in [0.3, 0.4) is 0 Å². The van der Waals surface area contributed by atoms with Crippen LogP contribution in [0.2, 0.25) is 0 Å². The maximum absolute atomic E-state index is 13.0. The first-order valence-corrected chi connectivity index (χ1v) is 13.5. The molecule has 0 aliphatic carbocycles. The van der Waals surface area contributed by atoms with Gasteiger partial charge in [-0.15, -0.1) is 0 Å². The number of carbonyl (C=O) groups is 3. The molecule has 13 nitrogen and oxygen atoms in total. The lowest BCUT2D eigenvalue weighted by Crippen LogP contribution is -2.49. The van der Waals surface area contributed by atoms with E-state index in [2.05, 4.69) is 10.6 Å². The van der Waals surface area contributed by atoms with E-state index in [1.54, 1.807) is 20.8 Å². The van der Waals surface area contributed by atoms with Gasteiger partial charge in [-0.05, 0) is 50.6 Å². The minimum absolute atomic E-state index is 0.131. The number of amides is 2. The molecule has 6 N–H and O–H groups in total. The van der Waals surface area contributed by atoms with Crippen LogP contribution in [0.25, 0.3) is 0 Å². The third-order valence-electron chi connectivity index (χ3n) is 5.40. The van der Waals surface area contributed by atoms with E-state index in [0.717, 1.165) is 11.3 Å². The van der Waals surface area contributed by atoms with Gasteiger partial charge in [0.05, 0.1) is 45.6 Å². The molecule has 0 spiro atoms. The van der Waals surface area contributed by atoms with Crippen LogP contribution in [0.15, 0.2) is 42.5 Å². The highest BCUT2D eigenvalue weighted by Crippen LogP contribution is 2.22. The van der Waals surface area contributed by atoms with E-state index in [4.69, 9.17) is 39.9 Å². The maximum Gasteiger partial charge on any atom is 0.407 e. The number of methoxy groups -OCH3 is 1. The van der Waals surface area contributed by atoms with Crippen LogP contribution < -0.4 is 31.6 Å². The topological polar surface area (TPSA) is 183 Å². The number of esters is 1. The second-order valence-corrected chi connectivity index (χ2v) is 9.96. The minimum atomic E-state index is -1.18. The lowest BCUT2D eigenvalue weighted by molar-refractivity contribution is -0.142. The van der Waals surface area contributed by atoms with Gasteiger partial charge in [-0.25, -0.2) is 9.59 Å². The summed E-state index contributed by atoms with van der Waals surface area (Å²) in [5.41, 5.74) is 12.3. The fraction of sp³-hybridized carbons (Fsp3) is 0.483. The molecule has 0 unspecified atom stereocenters.